The fraction of sp³-hybridized carbons (Fsp3) is 0.933. The van der Waals surface area contributed by atoms with Gasteiger partial charge in [0.05, 0.1) is 24.4 Å². The molecule has 5 nitrogen and oxygen atoms in total. The maximum Gasteiger partial charge on any atom is 0.173 e. The van der Waals surface area contributed by atoms with E-state index >= 15 is 0 Å². The minimum Gasteiger partial charge on any atom is -0.393 e. The molecule has 6 unspecified atom stereocenters. The van der Waals surface area contributed by atoms with Crippen LogP contribution >= 0.6 is 0 Å². The van der Waals surface area contributed by atoms with Crippen molar-refractivity contribution >= 4 is 0 Å². The molecule has 1 saturated heterocycles. The summed E-state index contributed by atoms with van der Waals surface area (Å²) in [6.07, 6.45) is 10.9. The number of ether oxygens (including phenoxy) is 2. The first-order chi connectivity index (χ1) is 16.4. The number of rotatable bonds is 3. The van der Waals surface area contributed by atoms with Crippen LogP contribution in [-0.2, 0) is 9.47 Å². The predicted octanol–water partition coefficient (Wildman–Crippen LogP) is 4.68. The first kappa shape index (κ1) is 24.9. The quantitative estimate of drug-likeness (QED) is 0.397. The summed E-state index contributed by atoms with van der Waals surface area (Å²) in [7, 11) is 1.49. The number of hydrogen-bond donors (Lipinski definition) is 3. The van der Waals surface area contributed by atoms with Crippen LogP contribution in [0.3, 0.4) is 0 Å². The number of aliphatic hydroxyl groups is 3. The molecule has 0 radical (unpaired) electrons. The molecule has 0 aromatic rings. The molecule has 3 N–H and O–H groups in total. The summed E-state index contributed by atoms with van der Waals surface area (Å²) in [5.41, 5.74) is 0.591. The molecule has 0 aromatic carbocycles. The van der Waals surface area contributed by atoms with Gasteiger partial charge in [-0.3, -0.25) is 0 Å². The van der Waals surface area contributed by atoms with Crippen LogP contribution in [0.5, 0.6) is 0 Å². The van der Waals surface area contributed by atoms with Crippen molar-refractivity contribution in [3.05, 3.63) is 12.2 Å². The van der Waals surface area contributed by atoms with E-state index in [1.54, 1.807) is 6.08 Å². The van der Waals surface area contributed by atoms with Crippen LogP contribution in [0, 0.1) is 50.7 Å². The van der Waals surface area contributed by atoms with Gasteiger partial charge in [0.25, 0.3) is 0 Å². The first-order valence-corrected chi connectivity index (χ1v) is 14.3. The van der Waals surface area contributed by atoms with Gasteiger partial charge in [0.2, 0.25) is 0 Å². The zero-order valence-corrected chi connectivity index (χ0v) is 22.7. The van der Waals surface area contributed by atoms with Crippen molar-refractivity contribution in [1.29, 1.82) is 0 Å². The van der Waals surface area contributed by atoms with Gasteiger partial charge in [-0.2, -0.15) is 0 Å². The Morgan fingerprint density at radius 2 is 1.66 bits per heavy atom. The normalized spacial score (nSPS) is 59.1. The third-order valence-corrected chi connectivity index (χ3v) is 13.5. The predicted molar refractivity (Wildman–Crippen MR) is 134 cm³/mol. The molecule has 0 bridgehead atoms. The fourth-order valence-corrected chi connectivity index (χ4v) is 11.7. The maximum atomic E-state index is 12.2. The topological polar surface area (TPSA) is 79.2 Å². The number of aliphatic hydroxyl groups excluding tert-OH is 3. The highest BCUT2D eigenvalue weighted by Gasteiger charge is 2.84. The van der Waals surface area contributed by atoms with Crippen molar-refractivity contribution in [2.45, 2.75) is 117 Å². The fourth-order valence-electron chi connectivity index (χ4n) is 11.7. The van der Waals surface area contributed by atoms with Crippen LogP contribution in [-0.4, -0.2) is 53.1 Å². The summed E-state index contributed by atoms with van der Waals surface area (Å²) in [5.74, 6) is 1.93. The van der Waals surface area contributed by atoms with Gasteiger partial charge < -0.3 is 24.8 Å². The van der Waals surface area contributed by atoms with Crippen molar-refractivity contribution < 1.29 is 24.8 Å². The smallest absolute Gasteiger partial charge is 0.173 e. The first-order valence-electron chi connectivity index (χ1n) is 14.3. The molecule has 198 valence electrons. The Kier molecular flexibility index (Phi) is 5.37. The van der Waals surface area contributed by atoms with Gasteiger partial charge in [-0.15, -0.1) is 0 Å². The zero-order valence-electron chi connectivity index (χ0n) is 22.7. The van der Waals surface area contributed by atoms with E-state index in [4.69, 9.17) is 9.47 Å². The van der Waals surface area contributed by atoms with E-state index in [9.17, 15) is 15.3 Å². The molecule has 5 aliphatic carbocycles. The van der Waals surface area contributed by atoms with Gasteiger partial charge in [-0.05, 0) is 103 Å². The second-order valence-electron chi connectivity index (χ2n) is 14.6. The average molecular weight is 489 g/mol. The van der Waals surface area contributed by atoms with Crippen molar-refractivity contribution in [1.82, 2.24) is 0 Å². The largest absolute Gasteiger partial charge is 0.393 e. The highest BCUT2D eigenvalue weighted by Crippen LogP contribution is 2.89. The summed E-state index contributed by atoms with van der Waals surface area (Å²) in [6, 6.07) is 0. The Balaban J connectivity index is 1.33. The van der Waals surface area contributed by atoms with Gasteiger partial charge in [0.1, 0.15) is 0 Å². The van der Waals surface area contributed by atoms with Crippen LogP contribution in [0.2, 0.25) is 0 Å². The number of fused-ring (bicyclic) bond motifs is 4. The van der Waals surface area contributed by atoms with Crippen molar-refractivity contribution in [2.24, 2.45) is 50.7 Å². The van der Waals surface area contributed by atoms with Gasteiger partial charge in [-0.25, -0.2) is 0 Å². The Labute approximate surface area is 211 Å². The molecule has 6 fully saturated rings. The lowest BCUT2D eigenvalue weighted by atomic mass is 9.41. The molecule has 6 aliphatic rings. The Hall–Kier alpha value is -0.460. The van der Waals surface area contributed by atoms with Crippen LogP contribution in [0.25, 0.3) is 0 Å². The Morgan fingerprint density at radius 3 is 2.37 bits per heavy atom. The van der Waals surface area contributed by atoms with Crippen LogP contribution < -0.4 is 0 Å². The molecule has 1 aliphatic heterocycles. The molecule has 13 atom stereocenters. The highest BCUT2D eigenvalue weighted by atomic mass is 16.6. The minimum atomic E-state index is -0.919. The molecule has 0 amide bonds. The molecule has 1 heterocycles. The number of methoxy groups -OCH3 is 1. The second-order valence-corrected chi connectivity index (χ2v) is 14.6. The van der Waals surface area contributed by atoms with Crippen LogP contribution in [0.15, 0.2) is 12.2 Å². The molecule has 2 spiro atoms. The van der Waals surface area contributed by atoms with Gasteiger partial charge >= 0.3 is 0 Å². The third kappa shape index (κ3) is 2.83. The van der Waals surface area contributed by atoms with E-state index in [1.165, 1.54) is 39.2 Å². The van der Waals surface area contributed by atoms with Gasteiger partial charge in [0.15, 0.2) is 6.29 Å². The van der Waals surface area contributed by atoms with Gasteiger partial charge in [-0.1, -0.05) is 40.7 Å². The Morgan fingerprint density at radius 1 is 0.971 bits per heavy atom. The molecule has 5 saturated carbocycles. The summed E-state index contributed by atoms with van der Waals surface area (Å²) < 4.78 is 11.6. The lowest BCUT2D eigenvalue weighted by Crippen LogP contribution is -2.59. The summed E-state index contributed by atoms with van der Waals surface area (Å²) in [6.45, 7) is 11.9. The lowest BCUT2D eigenvalue weighted by molar-refractivity contribution is -0.182. The molecular weight excluding hydrogens is 440 g/mol. The second kappa shape index (κ2) is 7.56. The molecule has 6 rings (SSSR count). The van der Waals surface area contributed by atoms with Crippen LogP contribution in [0.1, 0.15) is 86.0 Å². The van der Waals surface area contributed by atoms with Crippen molar-refractivity contribution in [2.75, 3.05) is 7.11 Å². The Bertz CT molecular complexity index is 901. The van der Waals surface area contributed by atoms with E-state index in [1.807, 2.05) is 6.08 Å². The highest BCUT2D eigenvalue weighted by molar-refractivity contribution is 5.32. The van der Waals surface area contributed by atoms with Crippen molar-refractivity contribution in [3.8, 4) is 0 Å². The van der Waals surface area contributed by atoms with E-state index in [2.05, 4.69) is 34.6 Å². The molecular formula is C30H48O5. The monoisotopic (exact) mass is 488 g/mol. The van der Waals surface area contributed by atoms with E-state index in [-0.39, 0.29) is 34.6 Å². The molecule has 35 heavy (non-hydrogen) atoms. The maximum absolute atomic E-state index is 12.2. The lowest BCUT2D eigenvalue weighted by Gasteiger charge is -2.63. The third-order valence-electron chi connectivity index (χ3n) is 13.5. The number of hydrogen-bond acceptors (Lipinski definition) is 5. The summed E-state index contributed by atoms with van der Waals surface area (Å²) >= 11 is 0. The summed E-state index contributed by atoms with van der Waals surface area (Å²) in [4.78, 5) is 0. The van der Waals surface area contributed by atoms with E-state index < -0.39 is 12.4 Å². The minimum absolute atomic E-state index is 0.0133. The average Bonchev–Trinajstić information content (AvgIpc) is 3.45. The van der Waals surface area contributed by atoms with E-state index in [0.29, 0.717) is 34.5 Å². The SMILES string of the molecule is COC(O)/C=C/C1C[C@@H](C)C2C(O1)[C@H](O)[C@@]1(C)[C@@H]3CC[C@H]4C(C)(C)C(O)CC[C@@]45CC35CC[C@]21C. The van der Waals surface area contributed by atoms with E-state index in [0.717, 1.165) is 19.3 Å². The molecule has 5 heteroatoms. The summed E-state index contributed by atoms with van der Waals surface area (Å²) in [5, 5.41) is 32.9. The van der Waals surface area contributed by atoms with Crippen molar-refractivity contribution in [3.63, 3.8) is 0 Å². The van der Waals surface area contributed by atoms with Crippen LogP contribution in [0.4, 0.5) is 0 Å². The van der Waals surface area contributed by atoms with Gasteiger partial charge in [0, 0.05) is 12.5 Å². The molecule has 0 aromatic heterocycles. The zero-order chi connectivity index (χ0) is 25.2. The standard InChI is InChI=1S/C30H48O5/c1-17-15-18(7-10-22(32)34-6)35-24-23(17)27(4)13-14-30-16-29(30)12-11-21(31)26(2,3)19(29)8-9-20(30)28(27,5)25(24)33/h7,10,17-25,31-33H,8-9,11-16H2,1-6H3/b10-7+/t17-,18?,19+,20+,21?,22?,23?,24?,25+,27-,28-,29-,30?/m1/s1.